The molecular weight excluding hydrogens is 216 g/mol. The van der Waals surface area contributed by atoms with Gasteiger partial charge in [0.15, 0.2) is 0 Å². The molecule has 0 fully saturated rings. The van der Waals surface area contributed by atoms with E-state index in [1.54, 1.807) is 24.0 Å². The Balaban J connectivity index is 2.68. The summed E-state index contributed by atoms with van der Waals surface area (Å²) in [5, 5.41) is 10.4. The molecule has 0 aliphatic heterocycles. The average Bonchev–Trinajstić information content (AvgIpc) is 2.20. The van der Waals surface area contributed by atoms with E-state index in [1.807, 2.05) is 6.07 Å². The van der Waals surface area contributed by atoms with Crippen molar-refractivity contribution in [2.24, 2.45) is 0 Å². The van der Waals surface area contributed by atoms with Gasteiger partial charge in [-0.3, -0.25) is 0 Å². The molecule has 14 heavy (non-hydrogen) atoms. The number of nitrogens with zero attached hydrogens (tertiary/aromatic N) is 2. The van der Waals surface area contributed by atoms with Crippen molar-refractivity contribution in [3.63, 3.8) is 0 Å². The standard InChI is InChI=1S/C10H11ClN2S/c1-2-8(5-6-12)14-10-9(11)4-3-7-13-10/h3-4,7-8H,2,5H2,1H3. The molecule has 1 unspecified atom stereocenters. The highest BCUT2D eigenvalue weighted by Crippen LogP contribution is 2.30. The molecule has 0 aliphatic rings. The maximum Gasteiger partial charge on any atom is 0.115 e. The summed E-state index contributed by atoms with van der Waals surface area (Å²) in [5.74, 6) is 0. The molecule has 0 N–H and O–H groups in total. The number of aromatic nitrogens is 1. The number of nitriles is 1. The molecule has 1 atom stereocenters. The highest BCUT2D eigenvalue weighted by Gasteiger charge is 2.10. The molecule has 74 valence electrons. The zero-order valence-electron chi connectivity index (χ0n) is 7.90. The van der Waals surface area contributed by atoms with Crippen molar-refractivity contribution in [3.05, 3.63) is 23.4 Å². The van der Waals surface area contributed by atoms with Gasteiger partial charge in [-0.1, -0.05) is 18.5 Å². The van der Waals surface area contributed by atoms with Crippen LogP contribution in [0.15, 0.2) is 23.4 Å². The van der Waals surface area contributed by atoms with Crippen molar-refractivity contribution >= 4 is 23.4 Å². The molecular formula is C10H11ClN2S. The summed E-state index contributed by atoms with van der Waals surface area (Å²) >= 11 is 7.53. The summed E-state index contributed by atoms with van der Waals surface area (Å²) < 4.78 is 0. The Morgan fingerprint density at radius 1 is 1.71 bits per heavy atom. The lowest BCUT2D eigenvalue weighted by molar-refractivity contribution is 0.839. The smallest absolute Gasteiger partial charge is 0.115 e. The summed E-state index contributed by atoms with van der Waals surface area (Å²) in [6, 6.07) is 5.79. The van der Waals surface area contributed by atoms with Gasteiger partial charge in [0.2, 0.25) is 0 Å². The Morgan fingerprint density at radius 3 is 3.07 bits per heavy atom. The fourth-order valence-electron chi connectivity index (χ4n) is 0.987. The van der Waals surface area contributed by atoms with E-state index >= 15 is 0 Å². The highest BCUT2D eigenvalue weighted by atomic mass is 35.5. The highest BCUT2D eigenvalue weighted by molar-refractivity contribution is 8.00. The maximum atomic E-state index is 8.60. The second-order valence-electron chi connectivity index (χ2n) is 2.80. The molecule has 4 heteroatoms. The van der Waals surface area contributed by atoms with E-state index in [4.69, 9.17) is 16.9 Å². The molecule has 0 saturated heterocycles. The number of halogens is 1. The van der Waals surface area contributed by atoms with Gasteiger partial charge in [-0.2, -0.15) is 5.26 Å². The van der Waals surface area contributed by atoms with Crippen LogP contribution >= 0.6 is 23.4 Å². The van der Waals surface area contributed by atoms with E-state index in [2.05, 4.69) is 18.0 Å². The first-order valence-electron chi connectivity index (χ1n) is 4.42. The third-order valence-electron chi connectivity index (χ3n) is 1.78. The van der Waals surface area contributed by atoms with Crippen LogP contribution in [0.25, 0.3) is 0 Å². The minimum atomic E-state index is 0.285. The van der Waals surface area contributed by atoms with Crippen LogP contribution in [0.5, 0.6) is 0 Å². The van der Waals surface area contributed by atoms with Crippen LogP contribution in [-0.2, 0) is 0 Å². The summed E-state index contributed by atoms with van der Waals surface area (Å²) in [6.45, 7) is 2.06. The summed E-state index contributed by atoms with van der Waals surface area (Å²) in [5.41, 5.74) is 0. The molecule has 1 aromatic rings. The summed E-state index contributed by atoms with van der Waals surface area (Å²) in [4.78, 5) is 4.17. The number of hydrogen-bond acceptors (Lipinski definition) is 3. The van der Waals surface area contributed by atoms with Crippen molar-refractivity contribution in [2.75, 3.05) is 0 Å². The zero-order valence-corrected chi connectivity index (χ0v) is 9.48. The number of thioether (sulfide) groups is 1. The summed E-state index contributed by atoms with van der Waals surface area (Å²) in [6.07, 6.45) is 3.20. The van der Waals surface area contributed by atoms with E-state index in [0.29, 0.717) is 11.4 Å². The van der Waals surface area contributed by atoms with Crippen LogP contribution < -0.4 is 0 Å². The third kappa shape index (κ3) is 3.21. The maximum absolute atomic E-state index is 8.60. The predicted molar refractivity (Wildman–Crippen MR) is 59.4 cm³/mol. The molecule has 1 rings (SSSR count). The quantitative estimate of drug-likeness (QED) is 0.738. The minimum Gasteiger partial charge on any atom is -0.248 e. The first kappa shape index (κ1) is 11.4. The molecule has 0 amide bonds. The van der Waals surface area contributed by atoms with E-state index in [9.17, 15) is 0 Å². The predicted octanol–water partition coefficient (Wildman–Crippen LogP) is 3.52. The molecule has 0 spiro atoms. The van der Waals surface area contributed by atoms with E-state index in [0.717, 1.165) is 11.4 Å². The molecule has 0 saturated carbocycles. The molecule has 0 aromatic carbocycles. The number of rotatable bonds is 4. The van der Waals surface area contributed by atoms with Crippen molar-refractivity contribution in [3.8, 4) is 6.07 Å². The number of hydrogen-bond donors (Lipinski definition) is 0. The van der Waals surface area contributed by atoms with Crippen LogP contribution in [0.1, 0.15) is 19.8 Å². The van der Waals surface area contributed by atoms with Crippen LogP contribution in [0.3, 0.4) is 0 Å². The van der Waals surface area contributed by atoms with E-state index < -0.39 is 0 Å². The Kier molecular flexibility index (Phi) is 4.78. The monoisotopic (exact) mass is 226 g/mol. The Morgan fingerprint density at radius 2 is 2.50 bits per heavy atom. The lowest BCUT2D eigenvalue weighted by Gasteiger charge is -2.10. The Bertz CT molecular complexity index is 335. The van der Waals surface area contributed by atoms with Crippen molar-refractivity contribution in [1.82, 2.24) is 4.98 Å². The Hall–Kier alpha value is -0.720. The minimum absolute atomic E-state index is 0.285. The van der Waals surface area contributed by atoms with Crippen molar-refractivity contribution < 1.29 is 0 Å². The first-order valence-corrected chi connectivity index (χ1v) is 5.67. The van der Waals surface area contributed by atoms with E-state index in [-0.39, 0.29) is 5.25 Å². The largest absolute Gasteiger partial charge is 0.248 e. The first-order chi connectivity index (χ1) is 6.77. The molecule has 0 bridgehead atoms. The van der Waals surface area contributed by atoms with E-state index in [1.165, 1.54) is 0 Å². The second-order valence-corrected chi connectivity index (χ2v) is 4.50. The van der Waals surface area contributed by atoms with Crippen LogP contribution in [-0.4, -0.2) is 10.2 Å². The molecule has 0 radical (unpaired) electrons. The fourth-order valence-corrected chi connectivity index (χ4v) is 2.18. The van der Waals surface area contributed by atoms with Crippen LogP contribution in [0.2, 0.25) is 5.02 Å². The van der Waals surface area contributed by atoms with Crippen molar-refractivity contribution in [1.29, 1.82) is 5.26 Å². The van der Waals surface area contributed by atoms with Gasteiger partial charge in [-0.25, -0.2) is 4.98 Å². The van der Waals surface area contributed by atoms with Crippen LogP contribution in [0, 0.1) is 11.3 Å². The molecule has 2 nitrogen and oxygen atoms in total. The third-order valence-corrected chi connectivity index (χ3v) is 3.58. The van der Waals surface area contributed by atoms with Crippen LogP contribution in [0.4, 0.5) is 0 Å². The van der Waals surface area contributed by atoms with Gasteiger partial charge in [0, 0.05) is 17.9 Å². The average molecular weight is 227 g/mol. The summed E-state index contributed by atoms with van der Waals surface area (Å²) in [7, 11) is 0. The second kappa shape index (κ2) is 5.90. The van der Waals surface area contributed by atoms with Gasteiger partial charge in [-0.05, 0) is 18.6 Å². The van der Waals surface area contributed by atoms with Gasteiger partial charge < -0.3 is 0 Å². The fraction of sp³-hybridized carbons (Fsp3) is 0.400. The normalized spacial score (nSPS) is 12.1. The van der Waals surface area contributed by atoms with Crippen molar-refractivity contribution in [2.45, 2.75) is 30.0 Å². The molecule has 1 heterocycles. The van der Waals surface area contributed by atoms with Gasteiger partial charge in [0.05, 0.1) is 11.1 Å². The number of pyridine rings is 1. The lowest BCUT2D eigenvalue weighted by atomic mass is 10.3. The molecule has 1 aromatic heterocycles. The van der Waals surface area contributed by atoms with Gasteiger partial charge in [0.25, 0.3) is 0 Å². The Labute approximate surface area is 93.3 Å². The zero-order chi connectivity index (χ0) is 10.4. The van der Waals surface area contributed by atoms with Gasteiger partial charge >= 0.3 is 0 Å². The lowest BCUT2D eigenvalue weighted by Crippen LogP contribution is -1.99. The molecule has 0 aliphatic carbocycles. The van der Waals surface area contributed by atoms with Gasteiger partial charge in [0.1, 0.15) is 5.03 Å². The SMILES string of the molecule is CCC(CC#N)Sc1ncccc1Cl. The van der Waals surface area contributed by atoms with Gasteiger partial charge in [-0.15, -0.1) is 11.8 Å². The topological polar surface area (TPSA) is 36.7 Å².